The SMILES string of the molecule is CNC(Cc1ccc(F)cc1F)Cc1ccccc1Br. The summed E-state index contributed by atoms with van der Waals surface area (Å²) < 4.78 is 27.6. The summed E-state index contributed by atoms with van der Waals surface area (Å²) in [4.78, 5) is 0. The van der Waals surface area contributed by atoms with Gasteiger partial charge >= 0.3 is 0 Å². The van der Waals surface area contributed by atoms with Gasteiger partial charge in [0.25, 0.3) is 0 Å². The quantitative estimate of drug-likeness (QED) is 0.864. The van der Waals surface area contributed by atoms with Crippen LogP contribution in [-0.2, 0) is 12.8 Å². The van der Waals surface area contributed by atoms with Crippen molar-refractivity contribution in [3.63, 3.8) is 0 Å². The van der Waals surface area contributed by atoms with Crippen molar-refractivity contribution in [2.75, 3.05) is 7.05 Å². The predicted molar refractivity (Wildman–Crippen MR) is 80.8 cm³/mol. The molecule has 4 heteroatoms. The van der Waals surface area contributed by atoms with Crippen LogP contribution in [0.5, 0.6) is 0 Å². The molecule has 106 valence electrons. The Hall–Kier alpha value is -1.26. The Labute approximate surface area is 126 Å². The molecule has 0 aromatic heterocycles. The minimum Gasteiger partial charge on any atom is -0.316 e. The second-order valence-electron chi connectivity index (χ2n) is 4.72. The van der Waals surface area contributed by atoms with Crippen LogP contribution in [0.1, 0.15) is 11.1 Å². The summed E-state index contributed by atoms with van der Waals surface area (Å²) >= 11 is 3.51. The van der Waals surface area contributed by atoms with Gasteiger partial charge < -0.3 is 5.32 Å². The first kappa shape index (κ1) is 15.1. The van der Waals surface area contributed by atoms with Gasteiger partial charge in [-0.05, 0) is 43.1 Å². The van der Waals surface area contributed by atoms with Gasteiger partial charge in [0.2, 0.25) is 0 Å². The van der Waals surface area contributed by atoms with E-state index in [2.05, 4.69) is 21.2 Å². The second-order valence-corrected chi connectivity index (χ2v) is 5.58. The van der Waals surface area contributed by atoms with Crippen LogP contribution >= 0.6 is 15.9 Å². The lowest BCUT2D eigenvalue weighted by Crippen LogP contribution is -2.30. The van der Waals surface area contributed by atoms with Gasteiger partial charge in [-0.1, -0.05) is 40.2 Å². The summed E-state index contributed by atoms with van der Waals surface area (Å²) in [5.41, 5.74) is 1.69. The number of nitrogens with one attached hydrogen (secondary N) is 1. The average molecular weight is 340 g/mol. The van der Waals surface area contributed by atoms with E-state index in [0.29, 0.717) is 12.0 Å². The minimum absolute atomic E-state index is 0.0914. The largest absolute Gasteiger partial charge is 0.316 e. The highest BCUT2D eigenvalue weighted by Crippen LogP contribution is 2.19. The van der Waals surface area contributed by atoms with Crippen molar-refractivity contribution in [3.8, 4) is 0 Å². The van der Waals surface area contributed by atoms with E-state index in [0.717, 1.165) is 22.5 Å². The first-order chi connectivity index (χ1) is 9.60. The van der Waals surface area contributed by atoms with E-state index in [1.807, 2.05) is 31.3 Å². The van der Waals surface area contributed by atoms with Crippen LogP contribution in [0.15, 0.2) is 46.9 Å². The normalized spacial score (nSPS) is 12.4. The Kier molecular flexibility index (Phi) is 5.26. The first-order valence-electron chi connectivity index (χ1n) is 6.44. The number of benzene rings is 2. The maximum absolute atomic E-state index is 13.7. The van der Waals surface area contributed by atoms with E-state index in [4.69, 9.17) is 0 Å². The first-order valence-corrected chi connectivity index (χ1v) is 7.24. The van der Waals surface area contributed by atoms with Crippen LogP contribution in [0, 0.1) is 11.6 Å². The van der Waals surface area contributed by atoms with Crippen LogP contribution in [0.3, 0.4) is 0 Å². The molecule has 0 aliphatic carbocycles. The molecular formula is C16H16BrF2N. The molecule has 1 unspecified atom stereocenters. The van der Waals surface area contributed by atoms with Gasteiger partial charge in [0.15, 0.2) is 0 Å². The van der Waals surface area contributed by atoms with Gasteiger partial charge in [0.1, 0.15) is 11.6 Å². The third-order valence-electron chi connectivity index (χ3n) is 3.31. The summed E-state index contributed by atoms with van der Waals surface area (Å²) in [7, 11) is 1.85. The molecule has 0 aliphatic heterocycles. The molecule has 0 saturated heterocycles. The van der Waals surface area contributed by atoms with Crippen molar-refractivity contribution in [1.82, 2.24) is 5.32 Å². The fourth-order valence-corrected chi connectivity index (χ4v) is 2.61. The van der Waals surface area contributed by atoms with Gasteiger partial charge in [0, 0.05) is 16.6 Å². The van der Waals surface area contributed by atoms with Gasteiger partial charge in [-0.2, -0.15) is 0 Å². The van der Waals surface area contributed by atoms with E-state index < -0.39 is 11.6 Å². The van der Waals surface area contributed by atoms with Gasteiger partial charge in [0.05, 0.1) is 0 Å². The average Bonchev–Trinajstić information content (AvgIpc) is 2.43. The van der Waals surface area contributed by atoms with Crippen LogP contribution in [-0.4, -0.2) is 13.1 Å². The lowest BCUT2D eigenvalue weighted by atomic mass is 9.99. The number of likely N-dealkylation sites (N-methyl/N-ethyl adjacent to an activating group) is 1. The molecule has 0 bridgehead atoms. The number of halogens is 3. The van der Waals surface area contributed by atoms with E-state index in [-0.39, 0.29) is 6.04 Å². The number of hydrogen-bond donors (Lipinski definition) is 1. The molecule has 1 N–H and O–H groups in total. The fraction of sp³-hybridized carbons (Fsp3) is 0.250. The smallest absolute Gasteiger partial charge is 0.129 e. The highest BCUT2D eigenvalue weighted by atomic mass is 79.9. The van der Waals surface area contributed by atoms with Gasteiger partial charge in [-0.15, -0.1) is 0 Å². The van der Waals surface area contributed by atoms with Crippen LogP contribution in [0.2, 0.25) is 0 Å². The Morgan fingerprint density at radius 3 is 2.40 bits per heavy atom. The van der Waals surface area contributed by atoms with Crippen molar-refractivity contribution in [1.29, 1.82) is 0 Å². The fourth-order valence-electron chi connectivity index (χ4n) is 2.16. The van der Waals surface area contributed by atoms with E-state index in [9.17, 15) is 8.78 Å². The Morgan fingerprint density at radius 1 is 1.05 bits per heavy atom. The summed E-state index contributed by atoms with van der Waals surface area (Å²) in [5, 5.41) is 3.19. The molecule has 2 aromatic rings. The molecule has 20 heavy (non-hydrogen) atoms. The molecular weight excluding hydrogens is 324 g/mol. The zero-order valence-electron chi connectivity index (χ0n) is 11.2. The number of rotatable bonds is 5. The lowest BCUT2D eigenvalue weighted by Gasteiger charge is -2.17. The van der Waals surface area contributed by atoms with Crippen LogP contribution in [0.25, 0.3) is 0 Å². The standard InChI is InChI=1S/C16H16BrF2N/c1-20-14(8-11-4-2-3-5-15(11)17)9-12-6-7-13(18)10-16(12)19/h2-7,10,14,20H,8-9H2,1H3. The zero-order valence-corrected chi connectivity index (χ0v) is 12.8. The van der Waals surface area contributed by atoms with Crippen LogP contribution < -0.4 is 5.32 Å². The summed E-state index contributed by atoms with van der Waals surface area (Å²) in [5.74, 6) is -1.03. The van der Waals surface area contributed by atoms with Gasteiger partial charge in [-0.25, -0.2) is 8.78 Å². The van der Waals surface area contributed by atoms with E-state index in [1.165, 1.54) is 12.1 Å². The van der Waals surface area contributed by atoms with Crippen molar-refractivity contribution < 1.29 is 8.78 Å². The molecule has 2 aromatic carbocycles. The third kappa shape index (κ3) is 3.87. The van der Waals surface area contributed by atoms with E-state index >= 15 is 0 Å². The molecule has 0 aliphatic rings. The lowest BCUT2D eigenvalue weighted by molar-refractivity contribution is 0.524. The van der Waals surface area contributed by atoms with Crippen molar-refractivity contribution in [2.45, 2.75) is 18.9 Å². The Bertz CT molecular complexity index is 586. The highest BCUT2D eigenvalue weighted by molar-refractivity contribution is 9.10. The maximum atomic E-state index is 13.7. The summed E-state index contributed by atoms with van der Waals surface area (Å²) in [6.45, 7) is 0. The van der Waals surface area contributed by atoms with Crippen molar-refractivity contribution >= 4 is 15.9 Å². The molecule has 0 heterocycles. The molecule has 0 fully saturated rings. The molecule has 1 atom stereocenters. The second kappa shape index (κ2) is 6.95. The van der Waals surface area contributed by atoms with Gasteiger partial charge in [-0.3, -0.25) is 0 Å². The molecule has 0 radical (unpaired) electrons. The minimum atomic E-state index is -0.543. The summed E-state index contributed by atoms with van der Waals surface area (Å²) in [6.07, 6.45) is 1.29. The topological polar surface area (TPSA) is 12.0 Å². The monoisotopic (exact) mass is 339 g/mol. The van der Waals surface area contributed by atoms with Crippen molar-refractivity contribution in [2.24, 2.45) is 0 Å². The molecule has 2 rings (SSSR count). The maximum Gasteiger partial charge on any atom is 0.129 e. The molecule has 0 saturated carbocycles. The molecule has 0 spiro atoms. The molecule has 1 nitrogen and oxygen atoms in total. The Balaban J connectivity index is 2.11. The third-order valence-corrected chi connectivity index (χ3v) is 4.09. The van der Waals surface area contributed by atoms with Crippen molar-refractivity contribution in [3.05, 3.63) is 69.7 Å². The zero-order chi connectivity index (χ0) is 14.5. The summed E-state index contributed by atoms with van der Waals surface area (Å²) in [6, 6.07) is 11.8. The highest BCUT2D eigenvalue weighted by Gasteiger charge is 2.13. The number of hydrogen-bond acceptors (Lipinski definition) is 1. The molecule has 0 amide bonds. The van der Waals surface area contributed by atoms with Crippen LogP contribution in [0.4, 0.5) is 8.78 Å². The Morgan fingerprint density at radius 2 is 1.75 bits per heavy atom. The van der Waals surface area contributed by atoms with E-state index in [1.54, 1.807) is 0 Å². The predicted octanol–water partition coefficient (Wildman–Crippen LogP) is 4.10.